The fourth-order valence-corrected chi connectivity index (χ4v) is 3.06. The summed E-state index contributed by atoms with van der Waals surface area (Å²) in [7, 11) is -2.66. The molecule has 108 valence electrons. The number of hydrogen-bond acceptors (Lipinski definition) is 5. The smallest absolute Gasteiger partial charge is 0.252 e. The van der Waals surface area contributed by atoms with Crippen LogP contribution < -0.4 is 5.32 Å². The number of anilines is 1. The molecule has 1 rings (SSSR count). The van der Waals surface area contributed by atoms with Crippen LogP contribution in [0.15, 0.2) is 23.2 Å². The monoisotopic (exact) mass is 295 g/mol. The van der Waals surface area contributed by atoms with Gasteiger partial charge in [-0.2, -0.15) is 4.31 Å². The number of alkyl halides is 2. The van der Waals surface area contributed by atoms with Gasteiger partial charge in [-0.3, -0.25) is 0 Å². The molecule has 0 aliphatic heterocycles. The first kappa shape index (κ1) is 15.7. The largest absolute Gasteiger partial charge is 0.395 e. The minimum absolute atomic E-state index is 0.0692. The number of nitrogens with one attached hydrogen (secondary N) is 1. The van der Waals surface area contributed by atoms with E-state index in [1.807, 2.05) is 0 Å². The fourth-order valence-electron chi connectivity index (χ4n) is 1.50. The lowest BCUT2D eigenvalue weighted by atomic mass is 10.5. The van der Waals surface area contributed by atoms with Gasteiger partial charge in [-0.1, -0.05) is 0 Å². The predicted molar refractivity (Wildman–Crippen MR) is 65.6 cm³/mol. The zero-order valence-electron chi connectivity index (χ0n) is 10.3. The third-order valence-electron chi connectivity index (χ3n) is 2.32. The van der Waals surface area contributed by atoms with Gasteiger partial charge in [-0.25, -0.2) is 22.2 Å². The van der Waals surface area contributed by atoms with E-state index in [-0.39, 0.29) is 10.7 Å². The van der Waals surface area contributed by atoms with Gasteiger partial charge in [-0.15, -0.1) is 0 Å². The van der Waals surface area contributed by atoms with E-state index in [0.29, 0.717) is 4.31 Å². The molecule has 0 amide bonds. The van der Waals surface area contributed by atoms with Crippen molar-refractivity contribution in [3.8, 4) is 0 Å². The number of pyridine rings is 1. The third-order valence-corrected chi connectivity index (χ3v) is 4.21. The first-order valence-corrected chi connectivity index (χ1v) is 6.89. The predicted octanol–water partition coefficient (Wildman–Crippen LogP) is 0.371. The molecule has 0 radical (unpaired) electrons. The summed E-state index contributed by atoms with van der Waals surface area (Å²) in [4.78, 5) is 3.62. The van der Waals surface area contributed by atoms with E-state index < -0.39 is 36.1 Å². The maximum Gasteiger partial charge on any atom is 0.252 e. The highest BCUT2D eigenvalue weighted by atomic mass is 32.2. The zero-order valence-corrected chi connectivity index (χ0v) is 11.1. The van der Waals surface area contributed by atoms with E-state index >= 15 is 0 Å². The molecule has 0 unspecified atom stereocenters. The van der Waals surface area contributed by atoms with Crippen molar-refractivity contribution in [1.82, 2.24) is 9.29 Å². The van der Waals surface area contributed by atoms with Gasteiger partial charge in [0.05, 0.1) is 13.2 Å². The van der Waals surface area contributed by atoms with E-state index in [4.69, 9.17) is 5.11 Å². The fraction of sp³-hybridized carbons (Fsp3) is 0.500. The van der Waals surface area contributed by atoms with Gasteiger partial charge in [0.15, 0.2) is 0 Å². The van der Waals surface area contributed by atoms with E-state index in [9.17, 15) is 17.2 Å². The summed E-state index contributed by atoms with van der Waals surface area (Å²) < 4.78 is 49.9. The summed E-state index contributed by atoms with van der Waals surface area (Å²) in [5, 5.41) is 11.4. The highest BCUT2D eigenvalue weighted by molar-refractivity contribution is 7.89. The molecule has 1 heterocycles. The first-order valence-electron chi connectivity index (χ1n) is 5.45. The van der Waals surface area contributed by atoms with Gasteiger partial charge in [0, 0.05) is 19.8 Å². The molecule has 0 bridgehead atoms. The van der Waals surface area contributed by atoms with Crippen molar-refractivity contribution in [2.45, 2.75) is 11.3 Å². The van der Waals surface area contributed by atoms with Gasteiger partial charge in [0.1, 0.15) is 10.7 Å². The van der Waals surface area contributed by atoms with Crippen LogP contribution in [-0.4, -0.2) is 56.0 Å². The Morgan fingerprint density at radius 2 is 2.21 bits per heavy atom. The number of rotatable bonds is 7. The average molecular weight is 295 g/mol. The Labute approximate surface area is 110 Å². The Bertz CT molecular complexity index is 510. The number of nitrogens with zero attached hydrogens (tertiary/aromatic N) is 2. The molecule has 0 aliphatic rings. The SMILES string of the molecule is CNc1ncccc1S(=O)(=O)N(CCO)CC(F)F. The lowest BCUT2D eigenvalue weighted by molar-refractivity contribution is 0.113. The summed E-state index contributed by atoms with van der Waals surface area (Å²) in [5.74, 6) is 0.0692. The average Bonchev–Trinajstić information content (AvgIpc) is 2.37. The quantitative estimate of drug-likeness (QED) is 0.759. The molecule has 0 atom stereocenters. The molecule has 0 spiro atoms. The van der Waals surface area contributed by atoms with Crippen LogP contribution in [0.2, 0.25) is 0 Å². The molecule has 0 aliphatic carbocycles. The van der Waals surface area contributed by atoms with Gasteiger partial charge in [0.2, 0.25) is 10.0 Å². The highest BCUT2D eigenvalue weighted by Gasteiger charge is 2.29. The maximum absolute atomic E-state index is 12.4. The van der Waals surface area contributed by atoms with Crippen molar-refractivity contribution in [2.24, 2.45) is 0 Å². The molecule has 2 N–H and O–H groups in total. The van der Waals surface area contributed by atoms with E-state index in [2.05, 4.69) is 10.3 Å². The van der Waals surface area contributed by atoms with Crippen molar-refractivity contribution in [3.63, 3.8) is 0 Å². The molecule has 0 aromatic carbocycles. The van der Waals surface area contributed by atoms with Crippen molar-refractivity contribution >= 4 is 15.8 Å². The topological polar surface area (TPSA) is 82.5 Å². The summed E-state index contributed by atoms with van der Waals surface area (Å²) in [6.45, 7) is -1.91. The number of aromatic nitrogens is 1. The zero-order chi connectivity index (χ0) is 14.5. The van der Waals surface area contributed by atoms with Crippen LogP contribution in [0.5, 0.6) is 0 Å². The summed E-state index contributed by atoms with van der Waals surface area (Å²) in [6.07, 6.45) is -1.44. The van der Waals surface area contributed by atoms with Crippen LogP contribution in [0.4, 0.5) is 14.6 Å². The normalized spacial score (nSPS) is 12.1. The maximum atomic E-state index is 12.4. The highest BCUT2D eigenvalue weighted by Crippen LogP contribution is 2.22. The Morgan fingerprint density at radius 3 is 2.74 bits per heavy atom. The number of aliphatic hydroxyl groups excluding tert-OH is 1. The Balaban J connectivity index is 3.18. The number of sulfonamides is 1. The second kappa shape index (κ2) is 6.73. The van der Waals surface area contributed by atoms with E-state index in [0.717, 1.165) is 0 Å². The van der Waals surface area contributed by atoms with Crippen LogP contribution in [0.3, 0.4) is 0 Å². The second-order valence-corrected chi connectivity index (χ2v) is 5.48. The van der Waals surface area contributed by atoms with E-state index in [1.54, 1.807) is 0 Å². The molecule has 1 aromatic heterocycles. The molecular weight excluding hydrogens is 280 g/mol. The van der Waals surface area contributed by atoms with Crippen LogP contribution >= 0.6 is 0 Å². The lowest BCUT2D eigenvalue weighted by Crippen LogP contribution is -2.37. The number of hydrogen-bond donors (Lipinski definition) is 2. The summed E-state index contributed by atoms with van der Waals surface area (Å²) in [6, 6.07) is 2.66. The standard InChI is InChI=1S/C10H15F2N3O3S/c1-13-10-8(3-2-4-14-10)19(17,18)15(5-6-16)7-9(11)12/h2-4,9,16H,5-7H2,1H3,(H,13,14). The molecule has 0 saturated carbocycles. The number of aliphatic hydroxyl groups is 1. The summed E-state index contributed by atoms with van der Waals surface area (Å²) in [5.41, 5.74) is 0. The number of halogens is 2. The van der Waals surface area contributed by atoms with Gasteiger partial charge in [0.25, 0.3) is 6.43 Å². The molecular formula is C10H15F2N3O3S. The second-order valence-electron chi connectivity index (χ2n) is 3.58. The van der Waals surface area contributed by atoms with Crippen LogP contribution in [0, 0.1) is 0 Å². The molecule has 9 heteroatoms. The van der Waals surface area contributed by atoms with Crippen LogP contribution in [-0.2, 0) is 10.0 Å². The molecule has 0 saturated heterocycles. The van der Waals surface area contributed by atoms with Gasteiger partial charge in [-0.05, 0) is 12.1 Å². The van der Waals surface area contributed by atoms with Crippen molar-refractivity contribution in [1.29, 1.82) is 0 Å². The lowest BCUT2D eigenvalue weighted by Gasteiger charge is -2.21. The van der Waals surface area contributed by atoms with Crippen molar-refractivity contribution in [3.05, 3.63) is 18.3 Å². The minimum Gasteiger partial charge on any atom is -0.395 e. The van der Waals surface area contributed by atoms with Crippen molar-refractivity contribution in [2.75, 3.05) is 32.1 Å². The first-order chi connectivity index (χ1) is 8.93. The summed E-state index contributed by atoms with van der Waals surface area (Å²) >= 11 is 0. The minimum atomic E-state index is -4.13. The molecule has 1 aromatic rings. The van der Waals surface area contributed by atoms with Gasteiger partial charge < -0.3 is 10.4 Å². The third kappa shape index (κ3) is 3.82. The molecule has 6 nitrogen and oxygen atoms in total. The Hall–Kier alpha value is -1.32. The van der Waals surface area contributed by atoms with Crippen LogP contribution in [0.25, 0.3) is 0 Å². The Morgan fingerprint density at radius 1 is 1.53 bits per heavy atom. The van der Waals surface area contributed by atoms with E-state index in [1.165, 1.54) is 25.4 Å². The molecule has 0 fully saturated rings. The van der Waals surface area contributed by atoms with Crippen LogP contribution in [0.1, 0.15) is 0 Å². The van der Waals surface area contributed by atoms with Crippen molar-refractivity contribution < 1.29 is 22.3 Å². The molecule has 19 heavy (non-hydrogen) atoms. The van der Waals surface area contributed by atoms with Gasteiger partial charge >= 0.3 is 0 Å². The Kier molecular flexibility index (Phi) is 5.58.